The van der Waals surface area contributed by atoms with E-state index >= 15 is 0 Å². The van der Waals surface area contributed by atoms with Gasteiger partial charge in [-0.25, -0.2) is 4.57 Å². The van der Waals surface area contributed by atoms with Crippen LogP contribution in [-0.2, 0) is 6.54 Å². The van der Waals surface area contributed by atoms with Crippen LogP contribution in [0, 0.1) is 0 Å². The fourth-order valence-electron chi connectivity index (χ4n) is 0.816. The van der Waals surface area contributed by atoms with Gasteiger partial charge in [-0.3, -0.25) is 0 Å². The Morgan fingerprint density at radius 2 is 2.00 bits per heavy atom. The Bertz CT molecular complexity index is 216. The number of hydrogen-bond donors (Lipinski definition) is 0. The van der Waals surface area contributed by atoms with Gasteiger partial charge in [-0.15, -0.1) is 0 Å². The van der Waals surface area contributed by atoms with Gasteiger partial charge in [0.2, 0.25) is 0 Å². The molecule has 1 aromatic heterocycles. The smallest absolute Gasteiger partial charge is 0.169 e. The van der Waals surface area contributed by atoms with Gasteiger partial charge < -0.3 is 12.4 Å². The molecule has 0 amide bonds. The van der Waals surface area contributed by atoms with E-state index in [0.717, 1.165) is 6.54 Å². The van der Waals surface area contributed by atoms with Gasteiger partial charge in [0.15, 0.2) is 12.4 Å². The van der Waals surface area contributed by atoms with Crippen molar-refractivity contribution in [2.75, 3.05) is 0 Å². The molecule has 0 aliphatic carbocycles. The Morgan fingerprint density at radius 1 is 1.45 bits per heavy atom. The van der Waals surface area contributed by atoms with Crippen LogP contribution in [0.15, 0.2) is 31.1 Å². The molecule has 0 aliphatic rings. The number of hydrogen-bond acceptors (Lipinski definition) is 0. The van der Waals surface area contributed by atoms with E-state index in [4.69, 9.17) is 0 Å². The zero-order valence-electron chi connectivity index (χ0n) is 6.63. The summed E-state index contributed by atoms with van der Waals surface area (Å²) in [6, 6.07) is 4.10. The van der Waals surface area contributed by atoms with Gasteiger partial charge in [0.1, 0.15) is 6.54 Å². The van der Waals surface area contributed by atoms with E-state index in [0.29, 0.717) is 0 Å². The number of rotatable bonds is 2. The van der Waals surface area contributed by atoms with Crippen LogP contribution < -0.4 is 17.0 Å². The van der Waals surface area contributed by atoms with Crippen LogP contribution in [-0.4, -0.2) is 0 Å². The van der Waals surface area contributed by atoms with Crippen molar-refractivity contribution >= 4 is 6.08 Å². The molecule has 0 bridgehead atoms. The largest absolute Gasteiger partial charge is 1.00 e. The van der Waals surface area contributed by atoms with Crippen molar-refractivity contribution in [3.05, 3.63) is 36.7 Å². The summed E-state index contributed by atoms with van der Waals surface area (Å²) in [5.74, 6) is 0. The van der Waals surface area contributed by atoms with Gasteiger partial charge in [0, 0.05) is 12.1 Å². The maximum atomic E-state index is 3.68. The maximum Gasteiger partial charge on any atom is 0.169 e. The van der Waals surface area contributed by atoms with Crippen molar-refractivity contribution in [2.45, 2.75) is 13.5 Å². The molecule has 0 aliphatic heterocycles. The van der Waals surface area contributed by atoms with Crippen molar-refractivity contribution in [1.82, 2.24) is 0 Å². The molecule has 2 heteroatoms. The standard InChI is InChI=1S/C9H12N.ClH/c1-3-9-5-7-10(4-2)8-6-9;/h3,5-8H,1,4H2,2H3;1H/q+1;/p-1. The van der Waals surface area contributed by atoms with Crippen LogP contribution in [0.1, 0.15) is 12.5 Å². The predicted octanol–water partition coefficient (Wildman–Crippen LogP) is -1.36. The number of nitrogens with zero attached hydrogens (tertiary/aromatic N) is 1. The molecule has 0 spiro atoms. The first-order valence-electron chi connectivity index (χ1n) is 3.48. The fourth-order valence-corrected chi connectivity index (χ4v) is 0.816. The van der Waals surface area contributed by atoms with Crippen LogP contribution in [0.2, 0.25) is 0 Å². The molecule has 0 fully saturated rings. The minimum Gasteiger partial charge on any atom is -1.00 e. The van der Waals surface area contributed by atoms with Gasteiger partial charge >= 0.3 is 0 Å². The molecule has 0 unspecified atom stereocenters. The summed E-state index contributed by atoms with van der Waals surface area (Å²) in [6.45, 7) is 6.82. The van der Waals surface area contributed by atoms with E-state index in [1.165, 1.54) is 5.56 Å². The van der Waals surface area contributed by atoms with Crippen molar-refractivity contribution in [1.29, 1.82) is 0 Å². The molecule has 0 saturated carbocycles. The van der Waals surface area contributed by atoms with E-state index in [9.17, 15) is 0 Å². The van der Waals surface area contributed by atoms with Gasteiger partial charge in [0.05, 0.1) is 0 Å². The topological polar surface area (TPSA) is 3.88 Å². The third kappa shape index (κ3) is 2.72. The molecule has 0 N–H and O–H groups in total. The van der Waals surface area contributed by atoms with Crippen LogP contribution >= 0.6 is 0 Å². The minimum atomic E-state index is 0. The lowest BCUT2D eigenvalue weighted by atomic mass is 10.3. The highest BCUT2D eigenvalue weighted by Gasteiger charge is 1.92. The highest BCUT2D eigenvalue weighted by molar-refractivity contribution is 5.44. The lowest BCUT2D eigenvalue weighted by Crippen LogP contribution is -3.00. The monoisotopic (exact) mass is 169 g/mol. The third-order valence-corrected chi connectivity index (χ3v) is 1.52. The zero-order valence-corrected chi connectivity index (χ0v) is 7.38. The molecular formula is C9H12ClN. The second-order valence-electron chi connectivity index (χ2n) is 2.17. The molecule has 1 aromatic rings. The summed E-state index contributed by atoms with van der Waals surface area (Å²) < 4.78 is 2.12. The van der Waals surface area contributed by atoms with Gasteiger partial charge in [-0.2, -0.15) is 0 Å². The van der Waals surface area contributed by atoms with Crippen LogP contribution in [0.3, 0.4) is 0 Å². The van der Waals surface area contributed by atoms with Crippen LogP contribution in [0.4, 0.5) is 0 Å². The Balaban J connectivity index is 0.000001000. The Hall–Kier alpha value is -0.820. The highest BCUT2D eigenvalue weighted by Crippen LogP contribution is 1.94. The summed E-state index contributed by atoms with van der Waals surface area (Å²) in [5.41, 5.74) is 1.17. The summed E-state index contributed by atoms with van der Waals surface area (Å²) >= 11 is 0. The normalized spacial score (nSPS) is 8.45. The average Bonchev–Trinajstić information content (AvgIpc) is 2.05. The molecule has 1 heterocycles. The second kappa shape index (κ2) is 4.91. The summed E-state index contributed by atoms with van der Waals surface area (Å²) in [6.07, 6.45) is 5.95. The lowest BCUT2D eigenvalue weighted by Gasteiger charge is -1.90. The third-order valence-electron chi connectivity index (χ3n) is 1.52. The van der Waals surface area contributed by atoms with E-state index < -0.39 is 0 Å². The summed E-state index contributed by atoms with van der Waals surface area (Å²) in [5, 5.41) is 0. The highest BCUT2D eigenvalue weighted by atomic mass is 35.5. The molecule has 1 rings (SSSR count). The molecule has 1 nitrogen and oxygen atoms in total. The van der Waals surface area contributed by atoms with E-state index in [1.54, 1.807) is 0 Å². The Morgan fingerprint density at radius 3 is 2.36 bits per heavy atom. The molecule has 0 aromatic carbocycles. The zero-order chi connectivity index (χ0) is 7.40. The van der Waals surface area contributed by atoms with Crippen molar-refractivity contribution in [2.24, 2.45) is 0 Å². The molecule has 60 valence electrons. The molecule has 0 saturated heterocycles. The van der Waals surface area contributed by atoms with E-state index in [1.807, 2.05) is 6.08 Å². The molecule has 0 radical (unpaired) electrons. The van der Waals surface area contributed by atoms with Gasteiger partial charge in [-0.05, 0) is 12.5 Å². The first kappa shape index (κ1) is 10.2. The predicted molar refractivity (Wildman–Crippen MR) is 42.4 cm³/mol. The number of aryl methyl sites for hydroxylation is 1. The van der Waals surface area contributed by atoms with Gasteiger partial charge in [-0.1, -0.05) is 12.7 Å². The van der Waals surface area contributed by atoms with E-state index in [2.05, 4.69) is 42.6 Å². The number of pyridine rings is 1. The van der Waals surface area contributed by atoms with Crippen molar-refractivity contribution in [3.63, 3.8) is 0 Å². The minimum absolute atomic E-state index is 0. The lowest BCUT2D eigenvalue weighted by molar-refractivity contribution is -0.693. The van der Waals surface area contributed by atoms with E-state index in [-0.39, 0.29) is 12.4 Å². The summed E-state index contributed by atoms with van der Waals surface area (Å²) in [7, 11) is 0. The van der Waals surface area contributed by atoms with Gasteiger partial charge in [0.25, 0.3) is 0 Å². The quantitative estimate of drug-likeness (QED) is 0.482. The Kier molecular flexibility index (Phi) is 4.55. The van der Waals surface area contributed by atoms with Crippen LogP contribution in [0.25, 0.3) is 6.08 Å². The summed E-state index contributed by atoms with van der Waals surface area (Å²) in [4.78, 5) is 0. The average molecular weight is 170 g/mol. The molecular weight excluding hydrogens is 158 g/mol. The second-order valence-corrected chi connectivity index (χ2v) is 2.17. The van der Waals surface area contributed by atoms with Crippen LogP contribution in [0.5, 0.6) is 0 Å². The molecule has 0 atom stereocenters. The fraction of sp³-hybridized carbons (Fsp3) is 0.222. The molecule has 11 heavy (non-hydrogen) atoms. The van der Waals surface area contributed by atoms with Crippen molar-refractivity contribution in [3.8, 4) is 0 Å². The first-order chi connectivity index (χ1) is 4.86. The van der Waals surface area contributed by atoms with Crippen molar-refractivity contribution < 1.29 is 17.0 Å². The Labute approximate surface area is 73.8 Å². The number of aromatic nitrogens is 1. The maximum absolute atomic E-state index is 3.68. The first-order valence-corrected chi connectivity index (χ1v) is 3.48. The SMILES string of the molecule is C=Cc1cc[n+](CC)cc1.[Cl-]. The number of halogens is 1.